The summed E-state index contributed by atoms with van der Waals surface area (Å²) in [5, 5.41) is 0.891. The molecule has 0 saturated heterocycles. The molecule has 3 aromatic rings. The van der Waals surface area contributed by atoms with E-state index < -0.39 is 0 Å². The molecule has 0 radical (unpaired) electrons. The van der Waals surface area contributed by atoms with Gasteiger partial charge in [0.1, 0.15) is 0 Å². The lowest BCUT2D eigenvalue weighted by Crippen LogP contribution is -2.04. The highest BCUT2D eigenvalue weighted by Crippen LogP contribution is 2.19. The standard InChI is InChI=1S/C17H13NO2/c1-12(19)18-10-9-14-11-15(7-8-16(14)18)17(20)13-5-3-2-4-6-13/h2-11H,1H3. The van der Waals surface area contributed by atoms with Gasteiger partial charge in [0, 0.05) is 29.6 Å². The number of ketones is 1. The Labute approximate surface area is 116 Å². The Morgan fingerprint density at radius 3 is 2.35 bits per heavy atom. The van der Waals surface area contributed by atoms with Crippen LogP contribution in [-0.4, -0.2) is 16.3 Å². The number of benzene rings is 2. The quantitative estimate of drug-likeness (QED) is 0.663. The summed E-state index contributed by atoms with van der Waals surface area (Å²) in [5.41, 5.74) is 2.12. The summed E-state index contributed by atoms with van der Waals surface area (Å²) in [4.78, 5) is 23.8. The average molecular weight is 263 g/mol. The molecule has 0 saturated carbocycles. The van der Waals surface area contributed by atoms with Crippen LogP contribution in [-0.2, 0) is 0 Å². The van der Waals surface area contributed by atoms with Crippen LogP contribution in [0.25, 0.3) is 10.9 Å². The minimum atomic E-state index is -0.0397. The number of rotatable bonds is 2. The van der Waals surface area contributed by atoms with E-state index in [1.54, 1.807) is 29.0 Å². The Bertz CT molecular complexity index is 800. The molecule has 3 nitrogen and oxygen atoms in total. The minimum Gasteiger partial charge on any atom is -0.289 e. The summed E-state index contributed by atoms with van der Waals surface area (Å²) >= 11 is 0. The smallest absolute Gasteiger partial charge is 0.227 e. The van der Waals surface area contributed by atoms with Gasteiger partial charge in [-0.25, -0.2) is 0 Å². The molecule has 98 valence electrons. The fourth-order valence-electron chi connectivity index (χ4n) is 2.31. The van der Waals surface area contributed by atoms with Crippen molar-refractivity contribution in [1.82, 2.24) is 4.57 Å². The lowest BCUT2D eigenvalue weighted by Gasteiger charge is -2.03. The van der Waals surface area contributed by atoms with E-state index in [2.05, 4.69) is 0 Å². The lowest BCUT2D eigenvalue weighted by molar-refractivity contribution is 0.0941. The highest BCUT2D eigenvalue weighted by molar-refractivity contribution is 6.10. The topological polar surface area (TPSA) is 39.1 Å². The molecule has 3 heteroatoms. The summed E-state index contributed by atoms with van der Waals surface area (Å²) < 4.78 is 1.58. The number of hydrogen-bond acceptors (Lipinski definition) is 2. The maximum absolute atomic E-state index is 12.4. The first-order chi connectivity index (χ1) is 9.66. The van der Waals surface area contributed by atoms with Crippen LogP contribution in [0.15, 0.2) is 60.8 Å². The Kier molecular flexibility index (Phi) is 2.95. The zero-order valence-electron chi connectivity index (χ0n) is 11.0. The van der Waals surface area contributed by atoms with Gasteiger partial charge in [-0.1, -0.05) is 30.3 Å². The molecule has 0 amide bonds. The Morgan fingerprint density at radius 1 is 0.900 bits per heavy atom. The van der Waals surface area contributed by atoms with Gasteiger partial charge < -0.3 is 0 Å². The first-order valence-corrected chi connectivity index (χ1v) is 6.38. The highest BCUT2D eigenvalue weighted by Gasteiger charge is 2.11. The van der Waals surface area contributed by atoms with Gasteiger partial charge >= 0.3 is 0 Å². The molecule has 1 aromatic heterocycles. The zero-order valence-corrected chi connectivity index (χ0v) is 11.0. The number of nitrogens with zero attached hydrogens (tertiary/aromatic N) is 1. The molecule has 0 spiro atoms. The number of hydrogen-bond donors (Lipinski definition) is 0. The fraction of sp³-hybridized carbons (Fsp3) is 0.0588. The second-order valence-electron chi connectivity index (χ2n) is 4.67. The molecule has 20 heavy (non-hydrogen) atoms. The van der Waals surface area contributed by atoms with Crippen LogP contribution in [0.4, 0.5) is 0 Å². The van der Waals surface area contributed by atoms with Crippen LogP contribution in [0.2, 0.25) is 0 Å². The van der Waals surface area contributed by atoms with Crippen LogP contribution in [0, 0.1) is 0 Å². The van der Waals surface area contributed by atoms with Gasteiger partial charge in [0.05, 0.1) is 5.52 Å². The van der Waals surface area contributed by atoms with Crippen molar-refractivity contribution in [2.45, 2.75) is 6.92 Å². The van der Waals surface area contributed by atoms with Gasteiger partial charge in [-0.15, -0.1) is 0 Å². The summed E-state index contributed by atoms with van der Waals surface area (Å²) in [5.74, 6) is -0.0507. The molecule has 3 rings (SSSR count). The van der Waals surface area contributed by atoms with Crippen molar-refractivity contribution in [2.24, 2.45) is 0 Å². The SMILES string of the molecule is CC(=O)n1ccc2cc(C(=O)c3ccccc3)ccc21. The summed E-state index contributed by atoms with van der Waals surface area (Å²) in [6.45, 7) is 1.52. The third kappa shape index (κ3) is 2.03. The van der Waals surface area contributed by atoms with E-state index in [4.69, 9.17) is 0 Å². The van der Waals surface area contributed by atoms with Crippen molar-refractivity contribution in [2.75, 3.05) is 0 Å². The van der Waals surface area contributed by atoms with Crippen LogP contribution < -0.4 is 0 Å². The maximum atomic E-state index is 12.4. The highest BCUT2D eigenvalue weighted by atomic mass is 16.1. The van der Waals surface area contributed by atoms with Crippen molar-refractivity contribution in [1.29, 1.82) is 0 Å². The second kappa shape index (κ2) is 4.78. The van der Waals surface area contributed by atoms with Crippen molar-refractivity contribution in [3.05, 3.63) is 71.9 Å². The predicted octanol–water partition coefficient (Wildman–Crippen LogP) is 3.53. The van der Waals surface area contributed by atoms with E-state index in [0.29, 0.717) is 11.1 Å². The van der Waals surface area contributed by atoms with Crippen molar-refractivity contribution in [3.63, 3.8) is 0 Å². The summed E-state index contributed by atoms with van der Waals surface area (Å²) in [6, 6.07) is 16.4. The van der Waals surface area contributed by atoms with Crippen molar-refractivity contribution < 1.29 is 9.59 Å². The Balaban J connectivity index is 2.06. The molecule has 0 unspecified atom stereocenters. The van der Waals surface area contributed by atoms with E-state index in [1.165, 1.54) is 6.92 Å². The molecule has 0 atom stereocenters. The first-order valence-electron chi connectivity index (χ1n) is 6.38. The van der Waals surface area contributed by atoms with E-state index in [-0.39, 0.29) is 11.7 Å². The average Bonchev–Trinajstić information content (AvgIpc) is 2.90. The van der Waals surface area contributed by atoms with Gasteiger partial charge in [-0.05, 0) is 24.3 Å². The normalized spacial score (nSPS) is 10.7. The molecule has 1 heterocycles. The second-order valence-corrected chi connectivity index (χ2v) is 4.67. The van der Waals surface area contributed by atoms with Gasteiger partial charge in [0.25, 0.3) is 0 Å². The zero-order chi connectivity index (χ0) is 14.1. The largest absolute Gasteiger partial charge is 0.289 e. The number of fused-ring (bicyclic) bond motifs is 1. The van der Waals surface area contributed by atoms with E-state index in [1.807, 2.05) is 36.4 Å². The summed E-state index contributed by atoms with van der Waals surface area (Å²) in [7, 11) is 0. The number of carbonyl (C=O) groups is 2. The van der Waals surface area contributed by atoms with E-state index in [9.17, 15) is 9.59 Å². The monoisotopic (exact) mass is 263 g/mol. The van der Waals surface area contributed by atoms with Gasteiger partial charge in [-0.2, -0.15) is 0 Å². The molecule has 0 aliphatic heterocycles. The van der Waals surface area contributed by atoms with Crippen molar-refractivity contribution >= 4 is 22.6 Å². The lowest BCUT2D eigenvalue weighted by atomic mass is 10.0. The Morgan fingerprint density at radius 2 is 1.65 bits per heavy atom. The van der Waals surface area contributed by atoms with Crippen LogP contribution in [0.1, 0.15) is 27.6 Å². The molecule has 2 aromatic carbocycles. The first kappa shape index (κ1) is 12.4. The molecular weight excluding hydrogens is 250 g/mol. The van der Waals surface area contributed by atoms with Gasteiger partial charge in [-0.3, -0.25) is 14.2 Å². The Hall–Kier alpha value is -2.68. The van der Waals surface area contributed by atoms with Crippen LogP contribution in [0.3, 0.4) is 0 Å². The van der Waals surface area contributed by atoms with Crippen molar-refractivity contribution in [3.8, 4) is 0 Å². The number of carbonyl (C=O) groups excluding carboxylic acids is 2. The third-order valence-corrected chi connectivity index (χ3v) is 3.33. The summed E-state index contributed by atoms with van der Waals surface area (Å²) in [6.07, 6.45) is 1.73. The molecular formula is C17H13NO2. The molecule has 0 N–H and O–H groups in total. The molecule has 0 aliphatic carbocycles. The third-order valence-electron chi connectivity index (χ3n) is 3.33. The predicted molar refractivity (Wildman–Crippen MR) is 78.1 cm³/mol. The molecule has 0 fully saturated rings. The van der Waals surface area contributed by atoms with Gasteiger partial charge in [0.15, 0.2) is 5.78 Å². The van der Waals surface area contributed by atoms with E-state index >= 15 is 0 Å². The minimum absolute atomic E-state index is 0.0110. The van der Waals surface area contributed by atoms with E-state index in [0.717, 1.165) is 10.9 Å². The van der Waals surface area contributed by atoms with Crippen LogP contribution >= 0.6 is 0 Å². The number of aromatic nitrogens is 1. The fourth-order valence-corrected chi connectivity index (χ4v) is 2.31. The van der Waals surface area contributed by atoms with Crippen LogP contribution in [0.5, 0.6) is 0 Å². The molecule has 0 bridgehead atoms. The molecule has 0 aliphatic rings. The van der Waals surface area contributed by atoms with Gasteiger partial charge in [0.2, 0.25) is 5.91 Å². The maximum Gasteiger partial charge on any atom is 0.227 e.